The zero-order valence-corrected chi connectivity index (χ0v) is 16.4. The van der Waals surface area contributed by atoms with Gasteiger partial charge in [0.25, 0.3) is 0 Å². The lowest BCUT2D eigenvalue weighted by atomic mass is 9.91. The molecule has 0 unspecified atom stereocenters. The summed E-state index contributed by atoms with van der Waals surface area (Å²) in [5.74, 6) is 1.22. The lowest BCUT2D eigenvalue weighted by molar-refractivity contribution is 0.413. The van der Waals surface area contributed by atoms with Gasteiger partial charge in [-0.15, -0.1) is 23.2 Å². The first kappa shape index (κ1) is 18.3. The van der Waals surface area contributed by atoms with Gasteiger partial charge in [0.05, 0.1) is 11.6 Å². The summed E-state index contributed by atoms with van der Waals surface area (Å²) in [6.07, 6.45) is 3.09. The Bertz CT molecular complexity index is 934. The molecule has 9 heteroatoms. The van der Waals surface area contributed by atoms with Crippen LogP contribution in [0, 0.1) is 0 Å². The number of halogens is 2. The number of benzene rings is 1. The SMILES string of the molecule is Cn1ncc2c(NC3CC(Cl)(Cl)C3)nc(NC[C@H](N)c3ccccc3)nc21. The summed E-state index contributed by atoms with van der Waals surface area (Å²) in [7, 11) is 1.85. The predicted octanol–water partition coefficient (Wildman–Crippen LogP) is 3.22. The molecule has 0 bridgehead atoms. The van der Waals surface area contributed by atoms with Gasteiger partial charge in [-0.2, -0.15) is 15.1 Å². The molecule has 4 rings (SSSR count). The summed E-state index contributed by atoms with van der Waals surface area (Å²) in [6, 6.07) is 9.95. The minimum absolute atomic E-state index is 0.159. The normalized spacial score (nSPS) is 17.5. The summed E-state index contributed by atoms with van der Waals surface area (Å²) in [5.41, 5.74) is 8.06. The van der Waals surface area contributed by atoms with Crippen molar-refractivity contribution in [3.63, 3.8) is 0 Å². The molecule has 0 saturated heterocycles. The molecular formula is C18H21Cl2N7. The van der Waals surface area contributed by atoms with Crippen molar-refractivity contribution in [1.29, 1.82) is 0 Å². The number of fused-ring (bicyclic) bond motifs is 1. The minimum Gasteiger partial charge on any atom is -0.366 e. The molecule has 1 aliphatic carbocycles. The molecule has 1 saturated carbocycles. The first-order valence-electron chi connectivity index (χ1n) is 8.80. The second kappa shape index (κ2) is 7.14. The van der Waals surface area contributed by atoms with Gasteiger partial charge in [0, 0.05) is 38.5 Å². The molecule has 0 spiro atoms. The van der Waals surface area contributed by atoms with Crippen LogP contribution in [0.5, 0.6) is 0 Å². The fourth-order valence-electron chi connectivity index (χ4n) is 3.19. The fraction of sp³-hybridized carbons (Fsp3) is 0.389. The van der Waals surface area contributed by atoms with Gasteiger partial charge >= 0.3 is 0 Å². The molecular weight excluding hydrogens is 385 g/mol. The number of aryl methyl sites for hydroxylation is 1. The molecule has 0 radical (unpaired) electrons. The molecule has 142 valence electrons. The van der Waals surface area contributed by atoms with Gasteiger partial charge in [0.2, 0.25) is 5.95 Å². The highest BCUT2D eigenvalue weighted by atomic mass is 35.5. The summed E-state index contributed by atoms with van der Waals surface area (Å²) < 4.78 is 1.07. The first-order chi connectivity index (χ1) is 12.9. The highest BCUT2D eigenvalue weighted by Gasteiger charge is 2.41. The van der Waals surface area contributed by atoms with Gasteiger partial charge in [0.15, 0.2) is 5.65 Å². The van der Waals surface area contributed by atoms with Crippen molar-refractivity contribution in [2.45, 2.75) is 29.3 Å². The van der Waals surface area contributed by atoms with E-state index in [1.807, 2.05) is 37.4 Å². The highest BCUT2D eigenvalue weighted by Crippen LogP contribution is 2.43. The largest absolute Gasteiger partial charge is 0.366 e. The molecule has 0 amide bonds. The lowest BCUT2D eigenvalue weighted by Crippen LogP contribution is -2.43. The third-order valence-corrected chi connectivity index (χ3v) is 5.35. The van der Waals surface area contributed by atoms with Crippen molar-refractivity contribution in [3.05, 3.63) is 42.1 Å². The fourth-order valence-corrected chi connectivity index (χ4v) is 3.93. The topological polar surface area (TPSA) is 93.7 Å². The molecule has 1 atom stereocenters. The number of hydrogen-bond acceptors (Lipinski definition) is 6. The van der Waals surface area contributed by atoms with Gasteiger partial charge in [-0.3, -0.25) is 4.68 Å². The van der Waals surface area contributed by atoms with Crippen molar-refractivity contribution in [2.24, 2.45) is 12.8 Å². The van der Waals surface area contributed by atoms with Crippen LogP contribution in [0.15, 0.2) is 36.5 Å². The number of nitrogens with one attached hydrogen (secondary N) is 2. The van der Waals surface area contributed by atoms with Gasteiger partial charge in [0.1, 0.15) is 10.2 Å². The maximum absolute atomic E-state index is 6.26. The van der Waals surface area contributed by atoms with E-state index in [9.17, 15) is 0 Å². The van der Waals surface area contributed by atoms with E-state index >= 15 is 0 Å². The van der Waals surface area contributed by atoms with Crippen molar-refractivity contribution >= 4 is 46.0 Å². The summed E-state index contributed by atoms with van der Waals surface area (Å²) >= 11 is 12.2. The van der Waals surface area contributed by atoms with Crippen LogP contribution in [-0.2, 0) is 7.05 Å². The van der Waals surface area contributed by atoms with E-state index < -0.39 is 4.33 Å². The zero-order chi connectivity index (χ0) is 19.0. The quantitative estimate of drug-likeness (QED) is 0.545. The first-order valence-corrected chi connectivity index (χ1v) is 9.55. The van der Waals surface area contributed by atoms with Crippen molar-refractivity contribution in [2.75, 3.05) is 17.2 Å². The zero-order valence-electron chi connectivity index (χ0n) is 14.9. The predicted molar refractivity (Wildman–Crippen MR) is 109 cm³/mol. The lowest BCUT2D eigenvalue weighted by Gasteiger charge is -2.38. The number of alkyl halides is 2. The Balaban J connectivity index is 1.53. The second-order valence-corrected chi connectivity index (χ2v) is 8.55. The second-order valence-electron chi connectivity index (χ2n) is 6.90. The molecule has 1 fully saturated rings. The molecule has 1 aliphatic rings. The van der Waals surface area contributed by atoms with Crippen LogP contribution in [0.2, 0.25) is 0 Å². The molecule has 1 aromatic carbocycles. The van der Waals surface area contributed by atoms with Crippen LogP contribution in [0.4, 0.5) is 11.8 Å². The van der Waals surface area contributed by atoms with E-state index in [1.54, 1.807) is 10.9 Å². The van der Waals surface area contributed by atoms with Crippen LogP contribution in [0.25, 0.3) is 11.0 Å². The van der Waals surface area contributed by atoms with Crippen LogP contribution in [0.1, 0.15) is 24.4 Å². The summed E-state index contributed by atoms with van der Waals surface area (Å²) in [4.78, 5) is 9.19. The van der Waals surface area contributed by atoms with E-state index in [-0.39, 0.29) is 12.1 Å². The monoisotopic (exact) mass is 405 g/mol. The van der Waals surface area contributed by atoms with Crippen molar-refractivity contribution < 1.29 is 0 Å². The Morgan fingerprint density at radius 3 is 2.70 bits per heavy atom. The smallest absolute Gasteiger partial charge is 0.226 e. The highest BCUT2D eigenvalue weighted by molar-refractivity contribution is 6.49. The molecule has 7 nitrogen and oxygen atoms in total. The van der Waals surface area contributed by atoms with E-state index in [2.05, 4.69) is 25.7 Å². The van der Waals surface area contributed by atoms with Crippen molar-refractivity contribution in [3.8, 4) is 0 Å². The molecule has 3 aromatic rings. The maximum atomic E-state index is 6.26. The Kier molecular flexibility index (Phi) is 4.84. The van der Waals surface area contributed by atoms with Crippen molar-refractivity contribution in [1.82, 2.24) is 19.7 Å². The Labute approximate surface area is 167 Å². The number of hydrogen-bond donors (Lipinski definition) is 3. The van der Waals surface area contributed by atoms with Gasteiger partial charge < -0.3 is 16.4 Å². The molecule has 2 heterocycles. The number of nitrogens with zero attached hydrogens (tertiary/aromatic N) is 4. The minimum atomic E-state index is -0.651. The van der Waals surface area contributed by atoms with E-state index in [1.165, 1.54) is 0 Å². The third-order valence-electron chi connectivity index (χ3n) is 4.73. The van der Waals surface area contributed by atoms with Crippen LogP contribution in [0.3, 0.4) is 0 Å². The molecule has 0 aliphatic heterocycles. The van der Waals surface area contributed by atoms with Gasteiger partial charge in [-0.1, -0.05) is 30.3 Å². The standard InChI is InChI=1S/C18H21Cl2N7/c1-27-16-13(9-23-27)15(24-12-7-18(19,20)8-12)25-17(26-16)22-10-14(21)11-5-3-2-4-6-11/h2-6,9,12,14H,7-8,10,21H2,1H3,(H2,22,24,25,26)/t14-/m0/s1. The summed E-state index contributed by atoms with van der Waals surface area (Å²) in [6.45, 7) is 0.517. The van der Waals surface area contributed by atoms with E-state index in [0.717, 1.165) is 22.4 Å². The number of rotatable bonds is 6. The average Bonchev–Trinajstić information content (AvgIpc) is 3.00. The molecule has 27 heavy (non-hydrogen) atoms. The summed E-state index contributed by atoms with van der Waals surface area (Å²) in [5, 5.41) is 11.8. The number of anilines is 2. The van der Waals surface area contributed by atoms with Gasteiger partial charge in [-0.25, -0.2) is 0 Å². The maximum Gasteiger partial charge on any atom is 0.226 e. The molecule has 4 N–H and O–H groups in total. The third kappa shape index (κ3) is 3.95. The van der Waals surface area contributed by atoms with Crippen LogP contribution < -0.4 is 16.4 Å². The number of nitrogens with two attached hydrogens (primary N) is 1. The number of aromatic nitrogens is 4. The van der Waals surface area contributed by atoms with Crippen LogP contribution in [-0.4, -0.2) is 36.7 Å². The van der Waals surface area contributed by atoms with Crippen LogP contribution >= 0.6 is 23.2 Å². The van der Waals surface area contributed by atoms with E-state index in [4.69, 9.17) is 28.9 Å². The molecule has 2 aromatic heterocycles. The Hall–Kier alpha value is -2.09. The Morgan fingerprint density at radius 1 is 1.26 bits per heavy atom. The van der Waals surface area contributed by atoms with Gasteiger partial charge in [-0.05, 0) is 5.56 Å². The average molecular weight is 406 g/mol. The Morgan fingerprint density at radius 2 is 2.00 bits per heavy atom. The van der Waals surface area contributed by atoms with E-state index in [0.29, 0.717) is 25.3 Å².